The van der Waals surface area contributed by atoms with Gasteiger partial charge in [0.15, 0.2) is 11.6 Å². The lowest BCUT2D eigenvalue weighted by molar-refractivity contribution is 0.0586. The maximum Gasteiger partial charge on any atom is 0.500 e. The van der Waals surface area contributed by atoms with Crippen LogP contribution in [0.2, 0.25) is 6.04 Å². The quantitative estimate of drug-likeness (QED) is 0.233. The van der Waals surface area contributed by atoms with Crippen LogP contribution in [0.1, 0.15) is 58.4 Å². The van der Waals surface area contributed by atoms with Gasteiger partial charge in [-0.1, -0.05) is 20.8 Å². The molecule has 0 heterocycles. The average molecular weight is 393 g/mol. The van der Waals surface area contributed by atoms with Gasteiger partial charge in [0, 0.05) is 31.9 Å². The summed E-state index contributed by atoms with van der Waals surface area (Å²) in [4.78, 5) is 0. The normalized spacial score (nSPS) is 11.9. The van der Waals surface area contributed by atoms with Gasteiger partial charge in [-0.25, -0.2) is 13.2 Å². The van der Waals surface area contributed by atoms with Crippen LogP contribution >= 0.6 is 0 Å². The zero-order chi connectivity index (χ0) is 19.4. The molecular formula is C19H31F3O3Si. The second kappa shape index (κ2) is 12.5. The molecule has 7 heteroatoms. The number of hydrogen-bond acceptors (Lipinski definition) is 3. The number of benzene rings is 1. The van der Waals surface area contributed by atoms with Crippen molar-refractivity contribution in [3.8, 4) is 0 Å². The van der Waals surface area contributed by atoms with E-state index in [1.807, 2.05) is 20.8 Å². The molecule has 0 aliphatic carbocycles. The van der Waals surface area contributed by atoms with Gasteiger partial charge in [0.1, 0.15) is 5.82 Å². The van der Waals surface area contributed by atoms with E-state index in [0.29, 0.717) is 51.2 Å². The highest BCUT2D eigenvalue weighted by Crippen LogP contribution is 2.22. The van der Waals surface area contributed by atoms with E-state index in [0.717, 1.165) is 25.3 Å². The van der Waals surface area contributed by atoms with Gasteiger partial charge in [0.05, 0.1) is 0 Å². The van der Waals surface area contributed by atoms with Gasteiger partial charge in [-0.3, -0.25) is 0 Å². The van der Waals surface area contributed by atoms with Crippen LogP contribution in [-0.2, 0) is 19.7 Å². The Labute approximate surface area is 156 Å². The van der Waals surface area contributed by atoms with Crippen molar-refractivity contribution < 1.29 is 26.4 Å². The molecule has 0 saturated heterocycles. The molecule has 0 N–H and O–H groups in total. The summed E-state index contributed by atoms with van der Waals surface area (Å²) in [5.74, 6) is -2.89. The molecule has 0 aliphatic heterocycles. The molecule has 1 rings (SSSR count). The first kappa shape index (κ1) is 23.1. The molecule has 150 valence electrons. The highest BCUT2D eigenvalue weighted by molar-refractivity contribution is 6.60. The molecular weight excluding hydrogens is 361 g/mol. The molecule has 0 atom stereocenters. The highest BCUT2D eigenvalue weighted by Gasteiger charge is 2.40. The van der Waals surface area contributed by atoms with Gasteiger partial charge < -0.3 is 13.3 Å². The third-order valence-corrected chi connectivity index (χ3v) is 6.74. The maximum atomic E-state index is 13.7. The second-order valence-corrected chi connectivity index (χ2v) is 9.03. The van der Waals surface area contributed by atoms with Crippen molar-refractivity contribution in [3.05, 3.63) is 35.1 Å². The number of aryl methyl sites for hydroxylation is 1. The zero-order valence-electron chi connectivity index (χ0n) is 16.1. The molecule has 0 fully saturated rings. The van der Waals surface area contributed by atoms with E-state index in [1.165, 1.54) is 0 Å². The minimum absolute atomic E-state index is 0.189. The maximum absolute atomic E-state index is 13.7. The van der Waals surface area contributed by atoms with E-state index in [1.54, 1.807) is 0 Å². The van der Waals surface area contributed by atoms with E-state index in [-0.39, 0.29) is 5.56 Å². The third kappa shape index (κ3) is 7.78. The molecule has 3 nitrogen and oxygen atoms in total. The van der Waals surface area contributed by atoms with Crippen LogP contribution in [-0.4, -0.2) is 28.6 Å². The van der Waals surface area contributed by atoms with Gasteiger partial charge in [0.25, 0.3) is 0 Å². The molecule has 0 aromatic heterocycles. The van der Waals surface area contributed by atoms with Crippen LogP contribution in [0.25, 0.3) is 0 Å². The molecule has 1 aromatic carbocycles. The van der Waals surface area contributed by atoms with Crippen molar-refractivity contribution in [2.24, 2.45) is 0 Å². The van der Waals surface area contributed by atoms with Gasteiger partial charge in [-0.05, 0) is 50.2 Å². The van der Waals surface area contributed by atoms with E-state index in [2.05, 4.69) is 0 Å². The number of hydrogen-bond donors (Lipinski definition) is 0. The highest BCUT2D eigenvalue weighted by atomic mass is 28.4. The van der Waals surface area contributed by atoms with Gasteiger partial charge in [-0.15, -0.1) is 0 Å². The Bertz CT molecular complexity index is 507. The second-order valence-electron chi connectivity index (χ2n) is 6.29. The third-order valence-electron chi connectivity index (χ3n) is 3.85. The fourth-order valence-electron chi connectivity index (χ4n) is 2.53. The van der Waals surface area contributed by atoms with E-state index in [4.69, 9.17) is 13.3 Å². The molecule has 1 aromatic rings. The van der Waals surface area contributed by atoms with Gasteiger partial charge in [0.2, 0.25) is 0 Å². The molecule has 0 radical (unpaired) electrons. The summed E-state index contributed by atoms with van der Waals surface area (Å²) in [5.41, 5.74) is 0.189. The smallest absolute Gasteiger partial charge is 0.373 e. The summed E-state index contributed by atoms with van der Waals surface area (Å²) in [5, 5.41) is 0. The molecule has 0 bridgehead atoms. The van der Waals surface area contributed by atoms with Gasteiger partial charge >= 0.3 is 8.80 Å². The molecule has 0 amide bonds. The minimum atomic E-state index is -2.76. The summed E-state index contributed by atoms with van der Waals surface area (Å²) in [7, 11) is -2.76. The summed E-state index contributed by atoms with van der Waals surface area (Å²) in [6.45, 7) is 7.84. The Hall–Kier alpha value is -0.893. The van der Waals surface area contributed by atoms with Crippen LogP contribution in [0.4, 0.5) is 13.2 Å². The minimum Gasteiger partial charge on any atom is -0.373 e. The SMILES string of the molecule is CCCO[Si](CCCCc1cc(F)c(F)cc1F)(OCCC)OCCC. The largest absolute Gasteiger partial charge is 0.500 e. The Morgan fingerprint density at radius 2 is 1.23 bits per heavy atom. The number of halogens is 3. The first-order chi connectivity index (χ1) is 12.5. The number of rotatable bonds is 14. The molecule has 0 unspecified atom stereocenters. The van der Waals surface area contributed by atoms with Crippen molar-refractivity contribution in [2.75, 3.05) is 19.8 Å². The zero-order valence-corrected chi connectivity index (χ0v) is 17.1. The lowest BCUT2D eigenvalue weighted by Crippen LogP contribution is -2.46. The molecule has 0 aliphatic rings. The van der Waals surface area contributed by atoms with Crippen molar-refractivity contribution in [3.63, 3.8) is 0 Å². The Morgan fingerprint density at radius 1 is 0.731 bits per heavy atom. The first-order valence-electron chi connectivity index (χ1n) is 9.53. The van der Waals surface area contributed by atoms with Crippen LogP contribution in [0, 0.1) is 17.5 Å². The van der Waals surface area contributed by atoms with Crippen LogP contribution < -0.4 is 0 Å². The molecule has 26 heavy (non-hydrogen) atoms. The molecule has 0 saturated carbocycles. The Kier molecular flexibility index (Phi) is 11.1. The predicted octanol–water partition coefficient (Wildman–Crippen LogP) is 5.65. The van der Waals surface area contributed by atoms with Gasteiger partial charge in [-0.2, -0.15) is 0 Å². The van der Waals surface area contributed by atoms with Crippen LogP contribution in [0.3, 0.4) is 0 Å². The van der Waals surface area contributed by atoms with E-state index < -0.39 is 26.3 Å². The lowest BCUT2D eigenvalue weighted by atomic mass is 10.1. The summed E-state index contributed by atoms with van der Waals surface area (Å²) in [6.07, 6.45) is 4.29. The fraction of sp³-hybridized carbons (Fsp3) is 0.684. The average Bonchev–Trinajstić information content (AvgIpc) is 2.63. The topological polar surface area (TPSA) is 27.7 Å². The lowest BCUT2D eigenvalue weighted by Gasteiger charge is -2.29. The molecule has 0 spiro atoms. The summed E-state index contributed by atoms with van der Waals surface area (Å²) in [6, 6.07) is 2.17. The van der Waals surface area contributed by atoms with Crippen molar-refractivity contribution in [1.29, 1.82) is 0 Å². The van der Waals surface area contributed by atoms with Crippen LogP contribution in [0.5, 0.6) is 0 Å². The fourth-order valence-corrected chi connectivity index (χ4v) is 5.44. The van der Waals surface area contributed by atoms with E-state index >= 15 is 0 Å². The summed E-state index contributed by atoms with van der Waals surface area (Å²) < 4.78 is 58.0. The number of unbranched alkanes of at least 4 members (excludes halogenated alkanes) is 1. The monoisotopic (exact) mass is 392 g/mol. The predicted molar refractivity (Wildman–Crippen MR) is 98.5 cm³/mol. The van der Waals surface area contributed by atoms with Crippen LogP contribution in [0.15, 0.2) is 12.1 Å². The van der Waals surface area contributed by atoms with E-state index in [9.17, 15) is 13.2 Å². The first-order valence-corrected chi connectivity index (χ1v) is 11.5. The van der Waals surface area contributed by atoms with Crippen molar-refractivity contribution in [1.82, 2.24) is 0 Å². The Balaban J connectivity index is 2.64. The van der Waals surface area contributed by atoms with Crippen molar-refractivity contribution in [2.45, 2.75) is 65.3 Å². The summed E-state index contributed by atoms with van der Waals surface area (Å²) >= 11 is 0. The standard InChI is InChI=1S/C19H31F3O3Si/c1-4-10-23-26(24-11-5-2,25-12-6-3)13-8-7-9-16-14-18(21)19(22)15-17(16)20/h14-15H,4-13H2,1-3H3. The Morgan fingerprint density at radius 3 is 1.73 bits per heavy atom. The van der Waals surface area contributed by atoms with Crippen molar-refractivity contribution >= 4 is 8.80 Å².